The van der Waals surface area contributed by atoms with Crippen LogP contribution in [0.15, 0.2) is 12.1 Å². The zero-order chi connectivity index (χ0) is 26.7. The summed E-state index contributed by atoms with van der Waals surface area (Å²) < 4.78 is 21.1. The summed E-state index contributed by atoms with van der Waals surface area (Å²) in [4.78, 5) is 13.0. The first-order valence-corrected chi connectivity index (χ1v) is 13.4. The third kappa shape index (κ3) is 5.43. The van der Waals surface area contributed by atoms with Crippen LogP contribution in [0.3, 0.4) is 0 Å². The van der Waals surface area contributed by atoms with Crippen LogP contribution in [0.5, 0.6) is 0 Å². The first-order chi connectivity index (χ1) is 17.7. The molecule has 1 fully saturated rings. The average molecular weight is 532 g/mol. The molecular weight excluding hydrogens is 494 g/mol. The van der Waals surface area contributed by atoms with Crippen LogP contribution in [0.1, 0.15) is 66.3 Å². The molecule has 9 heteroatoms. The average Bonchev–Trinajstić information content (AvgIpc) is 3.32. The van der Waals surface area contributed by atoms with Crippen molar-refractivity contribution < 1.29 is 24.1 Å². The van der Waals surface area contributed by atoms with Gasteiger partial charge in [0, 0.05) is 42.6 Å². The van der Waals surface area contributed by atoms with Gasteiger partial charge in [0.2, 0.25) is 0 Å². The molecule has 1 N–H and O–H groups in total. The second-order valence-electron chi connectivity index (χ2n) is 9.93. The Morgan fingerprint density at radius 1 is 1.19 bits per heavy atom. The highest BCUT2D eigenvalue weighted by Gasteiger charge is 2.29. The van der Waals surface area contributed by atoms with E-state index in [4.69, 9.17) is 30.9 Å². The lowest BCUT2D eigenvalue weighted by atomic mass is 9.99. The number of aromatic nitrogens is 3. The Kier molecular flexibility index (Phi) is 8.63. The summed E-state index contributed by atoms with van der Waals surface area (Å²) in [7, 11) is 1.40. The predicted octanol–water partition coefficient (Wildman–Crippen LogP) is 5.58. The van der Waals surface area contributed by atoms with Crippen LogP contribution in [0.4, 0.5) is 0 Å². The zero-order valence-corrected chi connectivity index (χ0v) is 23.3. The molecule has 1 aliphatic rings. The molecule has 3 heterocycles. The number of carbonyl (C=O) groups is 1. The fraction of sp³-hybridized carbons (Fsp3) is 0.571. The quantitative estimate of drug-likeness (QED) is 0.271. The molecule has 2 aromatic heterocycles. The smallest absolute Gasteiger partial charge is 0.354 e. The van der Waals surface area contributed by atoms with Crippen LogP contribution >= 0.6 is 11.6 Å². The van der Waals surface area contributed by atoms with Crippen molar-refractivity contribution in [2.75, 3.05) is 26.9 Å². The molecule has 0 unspecified atom stereocenters. The molecule has 0 amide bonds. The van der Waals surface area contributed by atoms with Gasteiger partial charge in [0.05, 0.1) is 36.7 Å². The van der Waals surface area contributed by atoms with E-state index < -0.39 is 5.79 Å². The molecule has 3 aromatic rings. The van der Waals surface area contributed by atoms with Gasteiger partial charge in [-0.25, -0.2) is 4.79 Å². The molecule has 202 valence electrons. The number of halogens is 1. The van der Waals surface area contributed by atoms with Crippen molar-refractivity contribution in [1.82, 2.24) is 14.3 Å². The number of hydrogen-bond donors (Lipinski definition) is 1. The summed E-state index contributed by atoms with van der Waals surface area (Å²) in [5.74, 6) is -0.929. The van der Waals surface area contributed by atoms with Gasteiger partial charge in [-0.05, 0) is 76.6 Å². The molecule has 1 atom stereocenters. The van der Waals surface area contributed by atoms with Crippen LogP contribution in [0, 0.1) is 20.8 Å². The molecular formula is C28H38ClN3O5. The Bertz CT molecular complexity index is 1270. The van der Waals surface area contributed by atoms with E-state index in [9.17, 15) is 9.90 Å². The van der Waals surface area contributed by atoms with Gasteiger partial charge in [0.1, 0.15) is 5.69 Å². The molecule has 37 heavy (non-hydrogen) atoms. The van der Waals surface area contributed by atoms with Crippen LogP contribution in [-0.4, -0.2) is 58.1 Å². The molecule has 0 radical (unpaired) electrons. The van der Waals surface area contributed by atoms with Gasteiger partial charge in [-0.3, -0.25) is 4.68 Å². The van der Waals surface area contributed by atoms with Crippen molar-refractivity contribution in [3.63, 3.8) is 0 Å². The zero-order valence-electron chi connectivity index (χ0n) is 22.5. The van der Waals surface area contributed by atoms with Gasteiger partial charge in [-0.2, -0.15) is 5.10 Å². The lowest BCUT2D eigenvalue weighted by Gasteiger charge is -2.33. The number of rotatable bonds is 10. The number of hydrogen-bond acceptors (Lipinski definition) is 6. The summed E-state index contributed by atoms with van der Waals surface area (Å²) >= 11 is 6.85. The molecule has 8 nitrogen and oxygen atoms in total. The summed E-state index contributed by atoms with van der Waals surface area (Å²) in [5, 5.41) is 15.6. The van der Waals surface area contributed by atoms with E-state index >= 15 is 0 Å². The molecule has 0 aliphatic carbocycles. The molecule has 4 rings (SSSR count). The molecule has 1 aliphatic heterocycles. The molecule has 0 bridgehead atoms. The normalized spacial score (nSPS) is 18.0. The monoisotopic (exact) mass is 531 g/mol. The fourth-order valence-corrected chi connectivity index (χ4v) is 5.59. The topological polar surface area (TPSA) is 87.7 Å². The highest BCUT2D eigenvalue weighted by Crippen LogP contribution is 2.41. The van der Waals surface area contributed by atoms with Crippen molar-refractivity contribution >= 4 is 28.5 Å². The van der Waals surface area contributed by atoms with Crippen molar-refractivity contribution in [2.45, 2.75) is 78.7 Å². The van der Waals surface area contributed by atoms with E-state index in [1.54, 1.807) is 0 Å². The van der Waals surface area contributed by atoms with Crippen LogP contribution in [-0.2, 0) is 27.3 Å². The lowest BCUT2D eigenvalue weighted by molar-refractivity contribution is -0.244. The van der Waals surface area contributed by atoms with E-state index in [-0.39, 0.29) is 12.6 Å². The number of aryl methyl sites for hydroxylation is 4. The number of methoxy groups -OCH3 is 1. The first-order valence-electron chi connectivity index (χ1n) is 13.0. The maximum Gasteiger partial charge on any atom is 0.354 e. The van der Waals surface area contributed by atoms with Crippen molar-refractivity contribution in [1.29, 1.82) is 0 Å². The number of aliphatic hydroxyl groups excluding tert-OH is 1. The van der Waals surface area contributed by atoms with Gasteiger partial charge < -0.3 is 23.9 Å². The predicted molar refractivity (Wildman–Crippen MR) is 144 cm³/mol. The standard InChI is InChI=1S/C28H38ClN3O5/c1-18-20(3)30-32(14-8-15-33)25(18)24-21(29)10-11-22-23(24)19(2)26(27(34)35-5)31(22)13-9-17-37-28(4)12-6-7-16-36-28/h10-11,33H,6-9,12-17H2,1-5H3/t28-/m1/s1. The Labute approximate surface area is 223 Å². The minimum Gasteiger partial charge on any atom is -0.464 e. The number of carbonyl (C=O) groups excluding carboxylic acids is 1. The summed E-state index contributed by atoms with van der Waals surface area (Å²) in [5.41, 5.74) is 5.91. The van der Waals surface area contributed by atoms with Crippen molar-refractivity contribution in [3.8, 4) is 11.3 Å². The molecule has 1 aromatic carbocycles. The molecule has 0 saturated carbocycles. The summed E-state index contributed by atoms with van der Waals surface area (Å²) in [6.07, 6.45) is 4.34. The highest BCUT2D eigenvalue weighted by molar-refractivity contribution is 6.35. The summed E-state index contributed by atoms with van der Waals surface area (Å²) in [6.45, 7) is 10.4. The maximum absolute atomic E-state index is 13.0. The minimum absolute atomic E-state index is 0.0728. The van der Waals surface area contributed by atoms with E-state index in [0.717, 1.165) is 64.9 Å². The number of esters is 1. The third-order valence-electron chi connectivity index (χ3n) is 7.36. The van der Waals surface area contributed by atoms with E-state index in [0.29, 0.717) is 43.3 Å². The Morgan fingerprint density at radius 2 is 1.97 bits per heavy atom. The Balaban J connectivity index is 1.77. The number of benzene rings is 1. The Morgan fingerprint density at radius 3 is 2.65 bits per heavy atom. The largest absolute Gasteiger partial charge is 0.464 e. The third-order valence-corrected chi connectivity index (χ3v) is 7.67. The second-order valence-corrected chi connectivity index (χ2v) is 10.3. The van der Waals surface area contributed by atoms with Gasteiger partial charge in [0.25, 0.3) is 0 Å². The van der Waals surface area contributed by atoms with Crippen molar-refractivity contribution in [2.24, 2.45) is 0 Å². The van der Waals surface area contributed by atoms with Gasteiger partial charge >= 0.3 is 5.97 Å². The van der Waals surface area contributed by atoms with E-state index in [1.165, 1.54) is 7.11 Å². The summed E-state index contributed by atoms with van der Waals surface area (Å²) in [6, 6.07) is 3.84. The number of nitrogens with zero attached hydrogens (tertiary/aromatic N) is 3. The number of fused-ring (bicyclic) bond motifs is 1. The van der Waals surface area contributed by atoms with Gasteiger partial charge in [-0.15, -0.1) is 0 Å². The van der Waals surface area contributed by atoms with E-state index in [2.05, 4.69) is 0 Å². The molecule has 1 saturated heterocycles. The highest BCUT2D eigenvalue weighted by atomic mass is 35.5. The number of aliphatic hydroxyl groups is 1. The van der Waals surface area contributed by atoms with Crippen LogP contribution in [0.25, 0.3) is 22.2 Å². The fourth-order valence-electron chi connectivity index (χ4n) is 5.34. The number of ether oxygens (including phenoxy) is 3. The van der Waals surface area contributed by atoms with Gasteiger partial charge in [-0.1, -0.05) is 11.6 Å². The second kappa shape index (κ2) is 11.6. The minimum atomic E-state index is -0.541. The lowest BCUT2D eigenvalue weighted by Crippen LogP contribution is -2.36. The van der Waals surface area contributed by atoms with Crippen molar-refractivity contribution in [3.05, 3.63) is 39.7 Å². The Hall–Kier alpha value is -2.39. The first kappa shape index (κ1) is 27.6. The van der Waals surface area contributed by atoms with Crippen LogP contribution in [0.2, 0.25) is 5.02 Å². The van der Waals surface area contributed by atoms with Gasteiger partial charge in [0.15, 0.2) is 5.79 Å². The van der Waals surface area contributed by atoms with Crippen LogP contribution < -0.4 is 0 Å². The SMILES string of the molecule is COC(=O)c1c(C)c2c(-c3c(C)c(C)nn3CCCO)c(Cl)ccc2n1CCCO[C@]1(C)CCCCO1. The van der Waals surface area contributed by atoms with E-state index in [1.807, 2.05) is 49.1 Å². The maximum atomic E-state index is 13.0. The molecule has 0 spiro atoms.